The van der Waals surface area contributed by atoms with E-state index in [0.29, 0.717) is 18.2 Å². The number of carbonyl (C=O) groups excluding carboxylic acids is 1. The van der Waals surface area contributed by atoms with Crippen LogP contribution in [0.4, 0.5) is 0 Å². The van der Waals surface area contributed by atoms with Gasteiger partial charge in [0.1, 0.15) is 6.04 Å². The second-order valence-corrected chi connectivity index (χ2v) is 4.14. The summed E-state index contributed by atoms with van der Waals surface area (Å²) >= 11 is 6.05. The molecule has 5 nitrogen and oxygen atoms in total. The lowest BCUT2D eigenvalue weighted by atomic mass is 10.3. The fourth-order valence-corrected chi connectivity index (χ4v) is 1.69. The summed E-state index contributed by atoms with van der Waals surface area (Å²) in [6.07, 6.45) is 0. The molecule has 0 spiro atoms. The van der Waals surface area contributed by atoms with Crippen LogP contribution in [0.25, 0.3) is 0 Å². The van der Waals surface area contributed by atoms with Crippen molar-refractivity contribution in [1.29, 1.82) is 0 Å². The van der Waals surface area contributed by atoms with Crippen LogP contribution in [0.5, 0.6) is 0 Å². The van der Waals surface area contributed by atoms with Crippen LogP contribution in [0.15, 0.2) is 0 Å². The molecule has 0 aliphatic heterocycles. The van der Waals surface area contributed by atoms with Crippen molar-refractivity contribution in [3.05, 3.63) is 16.4 Å². The number of hydrogen-bond acceptors (Lipinski definition) is 4. The van der Waals surface area contributed by atoms with Gasteiger partial charge in [0.15, 0.2) is 0 Å². The van der Waals surface area contributed by atoms with Crippen LogP contribution in [0.3, 0.4) is 0 Å². The number of carbonyl (C=O) groups is 1. The first-order chi connectivity index (χ1) is 8.01. The first-order valence-electron chi connectivity index (χ1n) is 5.54. The van der Waals surface area contributed by atoms with Crippen molar-refractivity contribution in [2.24, 2.45) is 0 Å². The molecule has 0 aliphatic carbocycles. The van der Waals surface area contributed by atoms with E-state index in [1.165, 1.54) is 0 Å². The number of aromatic nitrogens is 2. The van der Waals surface area contributed by atoms with Crippen molar-refractivity contribution in [3.63, 3.8) is 0 Å². The number of halogens is 1. The Balaban J connectivity index is 2.80. The topological polar surface area (TPSA) is 56.2 Å². The fourth-order valence-electron chi connectivity index (χ4n) is 1.55. The molecular formula is C11H18ClN3O2. The molecule has 1 aromatic rings. The van der Waals surface area contributed by atoms with Crippen LogP contribution in [0, 0.1) is 13.8 Å². The Kier molecular flexibility index (Phi) is 4.96. The molecule has 0 saturated carbocycles. The maximum Gasteiger partial charge on any atom is 0.325 e. The van der Waals surface area contributed by atoms with E-state index in [9.17, 15) is 4.79 Å². The summed E-state index contributed by atoms with van der Waals surface area (Å²) in [5.41, 5.74) is 1.62. The molecule has 0 radical (unpaired) electrons. The second-order valence-electron chi connectivity index (χ2n) is 3.76. The Bertz CT molecular complexity index is 404. The number of rotatable bonds is 5. The summed E-state index contributed by atoms with van der Waals surface area (Å²) in [4.78, 5) is 11.6. The van der Waals surface area contributed by atoms with Crippen LogP contribution in [-0.2, 0) is 16.1 Å². The van der Waals surface area contributed by atoms with Gasteiger partial charge in [0.2, 0.25) is 0 Å². The molecule has 17 heavy (non-hydrogen) atoms. The average molecular weight is 260 g/mol. The lowest BCUT2D eigenvalue weighted by Gasteiger charge is -2.15. The van der Waals surface area contributed by atoms with Crippen molar-refractivity contribution in [1.82, 2.24) is 15.1 Å². The van der Waals surface area contributed by atoms with Crippen LogP contribution in [0.2, 0.25) is 5.02 Å². The summed E-state index contributed by atoms with van der Waals surface area (Å²) in [5.74, 6) is -0.279. The van der Waals surface area contributed by atoms with E-state index in [1.807, 2.05) is 13.8 Å². The van der Waals surface area contributed by atoms with Crippen LogP contribution in [-0.4, -0.2) is 35.4 Å². The van der Waals surface area contributed by atoms with E-state index in [-0.39, 0.29) is 5.97 Å². The first kappa shape index (κ1) is 14.0. The monoisotopic (exact) mass is 259 g/mol. The van der Waals surface area contributed by atoms with Crippen molar-refractivity contribution in [2.75, 3.05) is 13.7 Å². The lowest BCUT2D eigenvalue weighted by molar-refractivity contribution is -0.145. The van der Waals surface area contributed by atoms with Gasteiger partial charge in [-0.05, 0) is 27.8 Å². The van der Waals surface area contributed by atoms with Crippen molar-refractivity contribution in [2.45, 2.75) is 33.4 Å². The van der Waals surface area contributed by atoms with Gasteiger partial charge in [-0.2, -0.15) is 5.10 Å². The van der Waals surface area contributed by atoms with Gasteiger partial charge in [0, 0.05) is 0 Å². The molecule has 0 aliphatic rings. The van der Waals surface area contributed by atoms with Gasteiger partial charge < -0.3 is 10.1 Å². The van der Waals surface area contributed by atoms with Crippen LogP contribution >= 0.6 is 11.6 Å². The minimum absolute atomic E-state index is 0.279. The minimum Gasteiger partial charge on any atom is -0.465 e. The highest BCUT2D eigenvalue weighted by Crippen LogP contribution is 2.19. The highest BCUT2D eigenvalue weighted by atomic mass is 35.5. The summed E-state index contributed by atoms with van der Waals surface area (Å²) in [5, 5.41) is 7.83. The SMILES string of the molecule is CCOC(=O)C(Cn1nc(C)c(Cl)c1C)NC. The molecule has 0 bridgehead atoms. The second kappa shape index (κ2) is 6.02. The van der Waals surface area contributed by atoms with Gasteiger partial charge in [-0.15, -0.1) is 0 Å². The molecule has 1 unspecified atom stereocenters. The van der Waals surface area contributed by atoms with Crippen molar-refractivity contribution < 1.29 is 9.53 Å². The molecule has 0 fully saturated rings. The number of aryl methyl sites for hydroxylation is 1. The Labute approximate surface area is 106 Å². The van der Waals surface area contributed by atoms with E-state index in [4.69, 9.17) is 16.3 Å². The van der Waals surface area contributed by atoms with Gasteiger partial charge in [-0.1, -0.05) is 11.6 Å². The Hall–Kier alpha value is -1.07. The highest BCUT2D eigenvalue weighted by molar-refractivity contribution is 6.31. The maximum absolute atomic E-state index is 11.6. The number of nitrogens with zero attached hydrogens (tertiary/aromatic N) is 2. The summed E-state index contributed by atoms with van der Waals surface area (Å²) in [7, 11) is 1.72. The zero-order valence-electron chi connectivity index (χ0n) is 10.6. The Morgan fingerprint density at radius 1 is 1.59 bits per heavy atom. The van der Waals surface area contributed by atoms with E-state index in [0.717, 1.165) is 11.4 Å². The summed E-state index contributed by atoms with van der Waals surface area (Å²) in [6, 6.07) is -0.413. The molecule has 96 valence electrons. The summed E-state index contributed by atoms with van der Waals surface area (Å²) in [6.45, 7) is 6.28. The molecule has 1 N–H and O–H groups in total. The molecule has 6 heteroatoms. The molecule has 1 aromatic heterocycles. The highest BCUT2D eigenvalue weighted by Gasteiger charge is 2.20. The first-order valence-corrected chi connectivity index (χ1v) is 5.92. The number of esters is 1. The number of likely N-dealkylation sites (N-methyl/N-ethyl adjacent to an activating group) is 1. The standard InChI is InChI=1S/C11H18ClN3O2/c1-5-17-11(16)9(13-4)6-15-8(3)10(12)7(2)14-15/h9,13H,5-6H2,1-4H3. The molecule has 1 rings (SSSR count). The third-order valence-corrected chi connectivity index (χ3v) is 3.12. The molecule has 1 heterocycles. The molecule has 0 saturated heterocycles. The lowest BCUT2D eigenvalue weighted by Crippen LogP contribution is -2.39. The third kappa shape index (κ3) is 3.20. The van der Waals surface area contributed by atoms with Gasteiger partial charge in [-0.3, -0.25) is 9.48 Å². The quantitative estimate of drug-likeness (QED) is 0.810. The van der Waals surface area contributed by atoms with Gasteiger partial charge in [0.25, 0.3) is 0 Å². The zero-order chi connectivity index (χ0) is 13.0. The van der Waals surface area contributed by atoms with Crippen molar-refractivity contribution in [3.8, 4) is 0 Å². The van der Waals surface area contributed by atoms with E-state index in [2.05, 4.69) is 10.4 Å². The van der Waals surface area contributed by atoms with Crippen LogP contribution < -0.4 is 5.32 Å². The Morgan fingerprint density at radius 2 is 2.24 bits per heavy atom. The molecule has 0 amide bonds. The minimum atomic E-state index is -0.413. The molecular weight excluding hydrogens is 242 g/mol. The fraction of sp³-hybridized carbons (Fsp3) is 0.636. The zero-order valence-corrected chi connectivity index (χ0v) is 11.3. The maximum atomic E-state index is 11.6. The molecule has 0 aromatic carbocycles. The molecule has 1 atom stereocenters. The van der Waals surface area contributed by atoms with Gasteiger partial charge in [0.05, 0.1) is 29.6 Å². The van der Waals surface area contributed by atoms with Gasteiger partial charge in [-0.25, -0.2) is 0 Å². The number of ether oxygens (including phenoxy) is 1. The number of nitrogens with one attached hydrogen (secondary N) is 1. The average Bonchev–Trinajstić information content (AvgIpc) is 2.54. The van der Waals surface area contributed by atoms with E-state index < -0.39 is 6.04 Å². The number of hydrogen-bond donors (Lipinski definition) is 1. The third-order valence-electron chi connectivity index (χ3n) is 2.57. The normalized spacial score (nSPS) is 12.5. The predicted molar refractivity (Wildman–Crippen MR) is 66.2 cm³/mol. The smallest absolute Gasteiger partial charge is 0.325 e. The summed E-state index contributed by atoms with van der Waals surface area (Å²) < 4.78 is 6.69. The van der Waals surface area contributed by atoms with Gasteiger partial charge >= 0.3 is 5.97 Å². The predicted octanol–water partition coefficient (Wildman–Crippen LogP) is 1.30. The van der Waals surface area contributed by atoms with Crippen LogP contribution in [0.1, 0.15) is 18.3 Å². The van der Waals surface area contributed by atoms with Crippen molar-refractivity contribution >= 4 is 17.6 Å². The Morgan fingerprint density at radius 3 is 2.65 bits per heavy atom. The largest absolute Gasteiger partial charge is 0.465 e. The van der Waals surface area contributed by atoms with E-state index >= 15 is 0 Å². The van der Waals surface area contributed by atoms with E-state index in [1.54, 1.807) is 18.7 Å².